The Kier molecular flexibility index (Phi) is 5.05. The highest BCUT2D eigenvalue weighted by atomic mass is 32.1. The van der Waals surface area contributed by atoms with Crippen molar-refractivity contribution >= 4 is 23.2 Å². The zero-order valence-corrected chi connectivity index (χ0v) is 13.2. The number of rotatable bonds is 5. The molecule has 0 saturated heterocycles. The van der Waals surface area contributed by atoms with Crippen LogP contribution < -0.4 is 5.32 Å². The first-order chi connectivity index (χ1) is 10.8. The molecule has 1 atom stereocenters. The van der Waals surface area contributed by atoms with Crippen LogP contribution in [0.2, 0.25) is 0 Å². The summed E-state index contributed by atoms with van der Waals surface area (Å²) in [5.41, 5.74) is 0.0532. The van der Waals surface area contributed by atoms with Gasteiger partial charge in [0.15, 0.2) is 0 Å². The monoisotopic (exact) mass is 340 g/mol. The molecule has 0 aliphatic rings. The molecule has 0 spiro atoms. The molecule has 1 unspecified atom stereocenters. The number of carboxylic acid groups (broad SMARTS) is 1. The van der Waals surface area contributed by atoms with Gasteiger partial charge < -0.3 is 10.4 Å². The highest BCUT2D eigenvalue weighted by Gasteiger charge is 2.20. The predicted molar refractivity (Wildman–Crippen MR) is 80.4 cm³/mol. The zero-order chi connectivity index (χ0) is 17.1. The van der Waals surface area contributed by atoms with Crippen molar-refractivity contribution in [2.45, 2.75) is 26.3 Å². The summed E-state index contributed by atoms with van der Waals surface area (Å²) in [4.78, 5) is 27.1. The lowest BCUT2D eigenvalue weighted by atomic mass is 10.1. The van der Waals surface area contributed by atoms with Crippen LogP contribution in [0.25, 0.3) is 0 Å². The summed E-state index contributed by atoms with van der Waals surface area (Å²) in [7, 11) is 0. The standard InChI is InChI=1S/C15H14F2N2O3S/c1-7-13(15(21)22)23-14(19-7)8(2)18-12(20)6-9-10(16)4-3-5-11(9)17/h3-5,8H,6H2,1-2H3,(H,18,20)(H,21,22). The Hall–Kier alpha value is -2.35. The number of benzene rings is 1. The first-order valence-corrected chi connectivity index (χ1v) is 7.54. The predicted octanol–water partition coefficient (Wildman–Crippen LogP) is 2.85. The minimum Gasteiger partial charge on any atom is -0.477 e. The summed E-state index contributed by atoms with van der Waals surface area (Å²) in [6.07, 6.45) is -0.445. The molecule has 0 fully saturated rings. The molecule has 2 aromatic rings. The maximum atomic E-state index is 13.5. The van der Waals surface area contributed by atoms with Crippen LogP contribution in [0.15, 0.2) is 18.2 Å². The number of carbonyl (C=O) groups excluding carboxylic acids is 1. The Morgan fingerprint density at radius 2 is 1.96 bits per heavy atom. The van der Waals surface area contributed by atoms with Gasteiger partial charge in [-0.25, -0.2) is 18.6 Å². The number of halogens is 2. The number of aryl methyl sites for hydroxylation is 1. The third-order valence-electron chi connectivity index (χ3n) is 3.15. The molecular weight excluding hydrogens is 326 g/mol. The van der Waals surface area contributed by atoms with E-state index in [1.807, 2.05) is 0 Å². The second-order valence-electron chi connectivity index (χ2n) is 4.94. The molecule has 8 heteroatoms. The molecule has 0 aliphatic carbocycles. The molecule has 1 heterocycles. The van der Waals surface area contributed by atoms with Gasteiger partial charge in [0, 0.05) is 5.56 Å². The summed E-state index contributed by atoms with van der Waals surface area (Å²) >= 11 is 0.957. The van der Waals surface area contributed by atoms with E-state index in [-0.39, 0.29) is 10.4 Å². The van der Waals surface area contributed by atoms with E-state index >= 15 is 0 Å². The minimum absolute atomic E-state index is 0.0984. The van der Waals surface area contributed by atoms with Crippen LogP contribution in [-0.2, 0) is 11.2 Å². The van der Waals surface area contributed by atoms with Crippen LogP contribution in [0.3, 0.4) is 0 Å². The van der Waals surface area contributed by atoms with Crippen molar-refractivity contribution in [3.05, 3.63) is 51.0 Å². The maximum Gasteiger partial charge on any atom is 0.347 e. The number of amides is 1. The molecular formula is C15H14F2N2O3S. The van der Waals surface area contributed by atoms with E-state index in [1.54, 1.807) is 13.8 Å². The summed E-state index contributed by atoms with van der Waals surface area (Å²) in [5.74, 6) is -3.23. The molecule has 2 N–H and O–H groups in total. The lowest BCUT2D eigenvalue weighted by Crippen LogP contribution is -2.28. The quantitative estimate of drug-likeness (QED) is 0.877. The van der Waals surface area contributed by atoms with Gasteiger partial charge in [0.05, 0.1) is 18.2 Å². The summed E-state index contributed by atoms with van der Waals surface area (Å²) in [5, 5.41) is 12.0. The second kappa shape index (κ2) is 6.82. The highest BCUT2D eigenvalue weighted by Crippen LogP contribution is 2.23. The molecule has 1 amide bonds. The number of aromatic nitrogens is 1. The lowest BCUT2D eigenvalue weighted by molar-refractivity contribution is -0.121. The van der Waals surface area contributed by atoms with Crippen LogP contribution in [0.4, 0.5) is 8.78 Å². The number of thiazole rings is 1. The number of carboxylic acids is 1. The van der Waals surface area contributed by atoms with Crippen LogP contribution >= 0.6 is 11.3 Å². The molecule has 1 aromatic heterocycles. The normalized spacial score (nSPS) is 12.0. The zero-order valence-electron chi connectivity index (χ0n) is 12.4. The van der Waals surface area contributed by atoms with Crippen LogP contribution in [-0.4, -0.2) is 22.0 Å². The minimum atomic E-state index is -1.08. The smallest absolute Gasteiger partial charge is 0.347 e. The van der Waals surface area contributed by atoms with Gasteiger partial charge in [-0.15, -0.1) is 11.3 Å². The Labute approximate surface area is 135 Å². The van der Waals surface area contributed by atoms with Gasteiger partial charge in [0.2, 0.25) is 5.91 Å². The average Bonchev–Trinajstić information content (AvgIpc) is 2.85. The average molecular weight is 340 g/mol. The summed E-state index contributed by atoms with van der Waals surface area (Å²) in [6.45, 7) is 3.19. The van der Waals surface area contributed by atoms with E-state index in [0.717, 1.165) is 23.5 Å². The van der Waals surface area contributed by atoms with Crippen molar-refractivity contribution in [2.75, 3.05) is 0 Å². The topological polar surface area (TPSA) is 79.3 Å². The number of carbonyl (C=O) groups is 2. The largest absolute Gasteiger partial charge is 0.477 e. The summed E-state index contributed by atoms with van der Waals surface area (Å²) in [6, 6.07) is 2.83. The molecule has 0 saturated carbocycles. The molecule has 122 valence electrons. The van der Waals surface area contributed by atoms with Crippen molar-refractivity contribution in [1.82, 2.24) is 10.3 Å². The van der Waals surface area contributed by atoms with Gasteiger partial charge in [-0.2, -0.15) is 0 Å². The van der Waals surface area contributed by atoms with Gasteiger partial charge in [-0.05, 0) is 26.0 Å². The van der Waals surface area contributed by atoms with Gasteiger partial charge in [-0.3, -0.25) is 4.79 Å². The molecule has 1 aromatic carbocycles. The fraction of sp³-hybridized carbons (Fsp3) is 0.267. The van der Waals surface area contributed by atoms with Gasteiger partial charge >= 0.3 is 5.97 Å². The number of aromatic carboxylic acids is 1. The molecule has 0 bridgehead atoms. The van der Waals surface area contributed by atoms with E-state index in [4.69, 9.17) is 5.11 Å². The fourth-order valence-corrected chi connectivity index (χ4v) is 2.93. The highest BCUT2D eigenvalue weighted by molar-refractivity contribution is 7.13. The molecule has 0 aliphatic heterocycles. The first-order valence-electron chi connectivity index (χ1n) is 6.72. The lowest BCUT2D eigenvalue weighted by Gasteiger charge is -2.12. The third-order valence-corrected chi connectivity index (χ3v) is 4.48. The van der Waals surface area contributed by atoms with Crippen LogP contribution in [0.5, 0.6) is 0 Å². The van der Waals surface area contributed by atoms with Gasteiger partial charge in [0.1, 0.15) is 21.5 Å². The number of hydrogen-bond donors (Lipinski definition) is 2. The molecule has 23 heavy (non-hydrogen) atoms. The molecule has 5 nitrogen and oxygen atoms in total. The van der Waals surface area contributed by atoms with E-state index in [9.17, 15) is 18.4 Å². The second-order valence-corrected chi connectivity index (χ2v) is 5.97. The Morgan fingerprint density at radius 1 is 1.35 bits per heavy atom. The van der Waals surface area contributed by atoms with E-state index in [2.05, 4.69) is 10.3 Å². The van der Waals surface area contributed by atoms with Gasteiger partial charge in [-0.1, -0.05) is 6.07 Å². The van der Waals surface area contributed by atoms with E-state index in [1.165, 1.54) is 6.07 Å². The molecule has 0 radical (unpaired) electrons. The summed E-state index contributed by atoms with van der Waals surface area (Å²) < 4.78 is 27.0. The van der Waals surface area contributed by atoms with Crippen molar-refractivity contribution in [2.24, 2.45) is 0 Å². The Balaban J connectivity index is 2.08. The molecule has 2 rings (SSSR count). The Bertz CT molecular complexity index is 741. The Morgan fingerprint density at radius 3 is 2.48 bits per heavy atom. The van der Waals surface area contributed by atoms with Crippen molar-refractivity contribution in [3.63, 3.8) is 0 Å². The first kappa shape index (κ1) is 17.0. The van der Waals surface area contributed by atoms with E-state index < -0.39 is 36.0 Å². The van der Waals surface area contributed by atoms with Crippen LogP contribution in [0, 0.1) is 18.6 Å². The van der Waals surface area contributed by atoms with Crippen molar-refractivity contribution < 1.29 is 23.5 Å². The fourth-order valence-electron chi connectivity index (χ4n) is 2.02. The van der Waals surface area contributed by atoms with E-state index in [0.29, 0.717) is 10.7 Å². The maximum absolute atomic E-state index is 13.5. The van der Waals surface area contributed by atoms with Crippen LogP contribution in [0.1, 0.15) is 38.9 Å². The number of hydrogen-bond acceptors (Lipinski definition) is 4. The number of nitrogens with one attached hydrogen (secondary N) is 1. The van der Waals surface area contributed by atoms with Crippen molar-refractivity contribution in [1.29, 1.82) is 0 Å². The SMILES string of the molecule is Cc1nc(C(C)NC(=O)Cc2c(F)cccc2F)sc1C(=O)O. The number of nitrogens with zero attached hydrogens (tertiary/aromatic N) is 1. The van der Waals surface area contributed by atoms with Crippen molar-refractivity contribution in [3.8, 4) is 0 Å². The third kappa shape index (κ3) is 3.89. The van der Waals surface area contributed by atoms with Gasteiger partial charge in [0.25, 0.3) is 0 Å².